The average Bonchev–Trinajstić information content (AvgIpc) is 2.16. The Kier molecular flexibility index (Phi) is 5.35. The summed E-state index contributed by atoms with van der Waals surface area (Å²) >= 11 is 0. The molecule has 0 aromatic heterocycles. The molecule has 0 N–H and O–H groups in total. The Bertz CT molecular complexity index is 204. The van der Waals surface area contributed by atoms with Crippen molar-refractivity contribution in [3.05, 3.63) is 4.91 Å². The van der Waals surface area contributed by atoms with Crippen molar-refractivity contribution < 1.29 is 9.53 Å². The molecule has 82 valence electrons. The van der Waals surface area contributed by atoms with Crippen LogP contribution >= 0.6 is 0 Å². The predicted molar refractivity (Wildman–Crippen MR) is 54.9 cm³/mol. The van der Waals surface area contributed by atoms with E-state index < -0.39 is 5.41 Å². The summed E-state index contributed by atoms with van der Waals surface area (Å²) < 4.78 is 4.97. The summed E-state index contributed by atoms with van der Waals surface area (Å²) in [7, 11) is 0. The second-order valence-electron chi connectivity index (χ2n) is 3.91. The first-order chi connectivity index (χ1) is 6.49. The van der Waals surface area contributed by atoms with Gasteiger partial charge in [-0.3, -0.25) is 4.79 Å². The average molecular weight is 201 g/mol. The third-order valence-electron chi connectivity index (χ3n) is 2.89. The molecule has 0 aromatic carbocycles. The molecule has 0 saturated carbocycles. The van der Waals surface area contributed by atoms with Crippen LogP contribution in [0.25, 0.3) is 0 Å². The molecule has 0 bridgehead atoms. The van der Waals surface area contributed by atoms with E-state index in [1.165, 1.54) is 0 Å². The van der Waals surface area contributed by atoms with Crippen LogP contribution in [0.5, 0.6) is 0 Å². The van der Waals surface area contributed by atoms with Gasteiger partial charge >= 0.3 is 5.97 Å². The minimum atomic E-state index is -0.455. The van der Waals surface area contributed by atoms with Crippen molar-refractivity contribution in [2.45, 2.75) is 34.1 Å². The Morgan fingerprint density at radius 2 is 2.07 bits per heavy atom. The normalized spacial score (nSPS) is 14.9. The number of hydrogen-bond donors (Lipinski definition) is 0. The molecule has 0 radical (unpaired) electrons. The predicted octanol–water partition coefficient (Wildman–Crippen LogP) is 2.37. The number of rotatable bonds is 6. The standard InChI is InChI=1S/C10H19NO3/c1-5-10(4,8(2)3)9(12)14-7-6-11-13/h8H,5-7H2,1-4H3. The molecule has 0 heterocycles. The molecular weight excluding hydrogens is 182 g/mol. The lowest BCUT2D eigenvalue weighted by atomic mass is 9.77. The molecule has 0 aromatic rings. The van der Waals surface area contributed by atoms with Gasteiger partial charge in [0.15, 0.2) is 0 Å². The molecular formula is C10H19NO3. The van der Waals surface area contributed by atoms with E-state index in [1.807, 2.05) is 27.7 Å². The molecule has 1 unspecified atom stereocenters. The van der Waals surface area contributed by atoms with Crippen LogP contribution in [0.2, 0.25) is 0 Å². The minimum absolute atomic E-state index is 0.0314. The summed E-state index contributed by atoms with van der Waals surface area (Å²) in [6.45, 7) is 7.94. The Morgan fingerprint density at radius 1 is 1.50 bits per heavy atom. The number of hydrogen-bond acceptors (Lipinski definition) is 4. The molecule has 14 heavy (non-hydrogen) atoms. The first kappa shape index (κ1) is 13.1. The quantitative estimate of drug-likeness (QED) is 0.376. The van der Waals surface area contributed by atoms with Crippen LogP contribution in [0.1, 0.15) is 34.1 Å². The molecule has 0 spiro atoms. The highest BCUT2D eigenvalue weighted by molar-refractivity contribution is 5.76. The van der Waals surface area contributed by atoms with Gasteiger partial charge in [0.25, 0.3) is 0 Å². The van der Waals surface area contributed by atoms with E-state index in [1.54, 1.807) is 0 Å². The number of carbonyl (C=O) groups excluding carboxylic acids is 1. The summed E-state index contributed by atoms with van der Waals surface area (Å²) in [4.78, 5) is 21.4. The number of carbonyl (C=O) groups is 1. The topological polar surface area (TPSA) is 55.7 Å². The summed E-state index contributed by atoms with van der Waals surface area (Å²) in [6.07, 6.45) is 0.734. The largest absolute Gasteiger partial charge is 0.463 e. The molecule has 4 heteroatoms. The summed E-state index contributed by atoms with van der Waals surface area (Å²) in [5.74, 6) is -0.0113. The monoisotopic (exact) mass is 201 g/mol. The molecule has 0 aliphatic carbocycles. The lowest BCUT2D eigenvalue weighted by Gasteiger charge is -2.29. The molecule has 0 saturated heterocycles. The van der Waals surface area contributed by atoms with E-state index in [0.717, 1.165) is 6.42 Å². The van der Waals surface area contributed by atoms with Crippen LogP contribution < -0.4 is 0 Å². The van der Waals surface area contributed by atoms with Crippen LogP contribution in [0.15, 0.2) is 5.18 Å². The third-order valence-corrected chi connectivity index (χ3v) is 2.89. The maximum absolute atomic E-state index is 11.6. The zero-order chi connectivity index (χ0) is 11.2. The van der Waals surface area contributed by atoms with E-state index in [0.29, 0.717) is 0 Å². The van der Waals surface area contributed by atoms with Gasteiger partial charge in [-0.15, -0.1) is 0 Å². The summed E-state index contributed by atoms with van der Waals surface area (Å²) in [5, 5.41) is 2.63. The second-order valence-corrected chi connectivity index (χ2v) is 3.91. The number of nitrogens with zero attached hydrogens (tertiary/aromatic N) is 1. The van der Waals surface area contributed by atoms with Crippen LogP contribution in [0.3, 0.4) is 0 Å². The van der Waals surface area contributed by atoms with Gasteiger partial charge in [-0.2, -0.15) is 4.91 Å². The summed E-state index contributed by atoms with van der Waals surface area (Å²) in [5.41, 5.74) is -0.455. The fourth-order valence-electron chi connectivity index (χ4n) is 1.13. The number of nitroso groups, excluding NO2 is 1. The molecule has 0 rings (SSSR count). The highest BCUT2D eigenvalue weighted by Gasteiger charge is 2.36. The second kappa shape index (κ2) is 5.73. The number of ether oxygens (including phenoxy) is 1. The van der Waals surface area contributed by atoms with Crippen molar-refractivity contribution in [1.29, 1.82) is 0 Å². The van der Waals surface area contributed by atoms with Gasteiger partial charge in [-0.1, -0.05) is 25.9 Å². The van der Waals surface area contributed by atoms with E-state index >= 15 is 0 Å². The van der Waals surface area contributed by atoms with Crippen LogP contribution in [-0.2, 0) is 9.53 Å². The van der Waals surface area contributed by atoms with Crippen LogP contribution in [0, 0.1) is 16.2 Å². The Labute approximate surface area is 85.0 Å². The summed E-state index contributed by atoms with van der Waals surface area (Å²) in [6, 6.07) is 0. The molecule has 0 aliphatic rings. The zero-order valence-electron chi connectivity index (χ0n) is 9.37. The lowest BCUT2D eigenvalue weighted by Crippen LogP contribution is -2.34. The van der Waals surface area contributed by atoms with Gasteiger partial charge in [0.2, 0.25) is 0 Å². The molecule has 0 amide bonds. The fourth-order valence-corrected chi connectivity index (χ4v) is 1.13. The van der Waals surface area contributed by atoms with Crippen molar-refractivity contribution in [2.75, 3.05) is 13.2 Å². The van der Waals surface area contributed by atoms with Crippen molar-refractivity contribution in [1.82, 2.24) is 0 Å². The van der Waals surface area contributed by atoms with E-state index in [2.05, 4.69) is 5.18 Å². The van der Waals surface area contributed by atoms with E-state index in [-0.39, 0.29) is 25.0 Å². The van der Waals surface area contributed by atoms with Crippen molar-refractivity contribution in [3.63, 3.8) is 0 Å². The van der Waals surface area contributed by atoms with E-state index in [4.69, 9.17) is 4.74 Å². The van der Waals surface area contributed by atoms with Crippen LogP contribution in [-0.4, -0.2) is 19.1 Å². The van der Waals surface area contributed by atoms with Crippen molar-refractivity contribution in [2.24, 2.45) is 16.5 Å². The van der Waals surface area contributed by atoms with Crippen LogP contribution in [0.4, 0.5) is 0 Å². The van der Waals surface area contributed by atoms with Crippen molar-refractivity contribution in [3.8, 4) is 0 Å². The van der Waals surface area contributed by atoms with Gasteiger partial charge < -0.3 is 4.74 Å². The maximum atomic E-state index is 11.6. The Balaban J connectivity index is 4.24. The molecule has 0 aliphatic heterocycles. The SMILES string of the molecule is CCC(C)(C(=O)OCCN=O)C(C)C. The Morgan fingerprint density at radius 3 is 2.43 bits per heavy atom. The van der Waals surface area contributed by atoms with Gasteiger partial charge in [-0.25, -0.2) is 0 Å². The Hall–Kier alpha value is -0.930. The van der Waals surface area contributed by atoms with Gasteiger partial charge in [0.1, 0.15) is 13.2 Å². The molecule has 4 nitrogen and oxygen atoms in total. The first-order valence-corrected chi connectivity index (χ1v) is 4.95. The third kappa shape index (κ3) is 3.09. The fraction of sp³-hybridized carbons (Fsp3) is 0.900. The van der Waals surface area contributed by atoms with Crippen molar-refractivity contribution >= 4 is 5.97 Å². The molecule has 0 fully saturated rings. The highest BCUT2D eigenvalue weighted by Crippen LogP contribution is 2.32. The number of esters is 1. The zero-order valence-corrected chi connectivity index (χ0v) is 9.37. The maximum Gasteiger partial charge on any atom is 0.312 e. The highest BCUT2D eigenvalue weighted by atomic mass is 16.5. The van der Waals surface area contributed by atoms with Gasteiger partial charge in [-0.05, 0) is 19.3 Å². The molecule has 1 atom stereocenters. The smallest absolute Gasteiger partial charge is 0.312 e. The van der Waals surface area contributed by atoms with Gasteiger partial charge in [0, 0.05) is 0 Å². The lowest BCUT2D eigenvalue weighted by molar-refractivity contribution is -0.157. The van der Waals surface area contributed by atoms with E-state index in [9.17, 15) is 9.70 Å². The minimum Gasteiger partial charge on any atom is -0.463 e. The first-order valence-electron chi connectivity index (χ1n) is 4.95. The van der Waals surface area contributed by atoms with Gasteiger partial charge in [0.05, 0.1) is 5.41 Å².